The van der Waals surface area contributed by atoms with Gasteiger partial charge in [0.15, 0.2) is 0 Å². The van der Waals surface area contributed by atoms with E-state index in [9.17, 15) is 4.79 Å². The lowest BCUT2D eigenvalue weighted by Gasteiger charge is -2.36. The molecular weight excluding hydrogens is 286 g/mol. The average Bonchev–Trinajstić information content (AvgIpc) is 2.69. The minimum atomic E-state index is 0.196. The third-order valence-corrected chi connectivity index (χ3v) is 5.73. The lowest BCUT2D eigenvalue weighted by Crippen LogP contribution is -2.47. The third-order valence-electron chi connectivity index (χ3n) is 5.73. The topological polar surface area (TPSA) is 39.3 Å². The van der Waals surface area contributed by atoms with E-state index >= 15 is 0 Å². The highest BCUT2D eigenvalue weighted by atomic mass is 16.2. The van der Waals surface area contributed by atoms with Crippen LogP contribution in [0.5, 0.6) is 0 Å². The second-order valence-electron chi connectivity index (χ2n) is 7.38. The van der Waals surface area contributed by atoms with Crippen molar-refractivity contribution in [1.82, 2.24) is 14.8 Å². The zero-order valence-electron chi connectivity index (χ0n) is 14.2. The van der Waals surface area contributed by atoms with Crippen LogP contribution in [-0.2, 0) is 0 Å². The number of hydrogen-bond acceptors (Lipinski definition) is 2. The summed E-state index contributed by atoms with van der Waals surface area (Å²) >= 11 is 0. The summed E-state index contributed by atoms with van der Waals surface area (Å²) in [5.41, 5.74) is 4.22. The fraction of sp³-hybridized carbons (Fsp3) is 0.526. The predicted octanol–water partition coefficient (Wildman–Crippen LogP) is 2.95. The van der Waals surface area contributed by atoms with Gasteiger partial charge in [-0.15, -0.1) is 0 Å². The minimum absolute atomic E-state index is 0.196. The highest BCUT2D eigenvalue weighted by Crippen LogP contribution is 2.31. The van der Waals surface area contributed by atoms with Crippen molar-refractivity contribution in [3.8, 4) is 0 Å². The molecular formula is C19H25N3O. The Hall–Kier alpha value is -1.81. The zero-order valence-corrected chi connectivity index (χ0v) is 14.2. The number of piperidine rings is 1. The molecule has 2 bridgehead atoms. The highest BCUT2D eigenvalue weighted by Gasteiger charge is 2.36. The number of rotatable bonds is 1. The van der Waals surface area contributed by atoms with Gasteiger partial charge in [0.05, 0.1) is 11.1 Å². The first-order valence-corrected chi connectivity index (χ1v) is 8.62. The second-order valence-corrected chi connectivity index (χ2v) is 7.38. The van der Waals surface area contributed by atoms with E-state index in [-0.39, 0.29) is 5.91 Å². The number of aromatic nitrogens is 1. The van der Waals surface area contributed by atoms with Gasteiger partial charge in [-0.25, -0.2) is 0 Å². The molecule has 1 amide bonds. The largest absolute Gasteiger partial charge is 0.358 e. The van der Waals surface area contributed by atoms with Crippen molar-refractivity contribution < 1.29 is 4.79 Å². The van der Waals surface area contributed by atoms with Crippen LogP contribution in [-0.4, -0.2) is 53.4 Å². The summed E-state index contributed by atoms with van der Waals surface area (Å²) in [5, 5.41) is 1.17. The highest BCUT2D eigenvalue weighted by molar-refractivity contribution is 6.06. The molecule has 2 atom stereocenters. The number of likely N-dealkylation sites (N-methyl/N-ethyl adjacent to an activating group) is 1. The van der Waals surface area contributed by atoms with Crippen LogP contribution in [0.4, 0.5) is 0 Å². The van der Waals surface area contributed by atoms with Crippen molar-refractivity contribution in [2.45, 2.75) is 32.7 Å². The van der Waals surface area contributed by atoms with Gasteiger partial charge < -0.3 is 14.8 Å². The quantitative estimate of drug-likeness (QED) is 0.879. The van der Waals surface area contributed by atoms with Crippen LogP contribution in [0.3, 0.4) is 0 Å². The molecule has 3 saturated heterocycles. The fourth-order valence-electron chi connectivity index (χ4n) is 4.38. The molecule has 5 rings (SSSR count). The van der Waals surface area contributed by atoms with Gasteiger partial charge in [0.1, 0.15) is 0 Å². The van der Waals surface area contributed by atoms with Crippen molar-refractivity contribution in [2.24, 2.45) is 5.92 Å². The molecule has 2 aromatic rings. The van der Waals surface area contributed by atoms with Gasteiger partial charge in [0, 0.05) is 36.8 Å². The molecule has 0 spiro atoms. The van der Waals surface area contributed by atoms with E-state index in [1.807, 2.05) is 12.1 Å². The summed E-state index contributed by atoms with van der Waals surface area (Å²) in [7, 11) is 2.18. The maximum atomic E-state index is 13.3. The third kappa shape index (κ3) is 2.36. The van der Waals surface area contributed by atoms with Crippen LogP contribution in [0.1, 0.15) is 34.5 Å². The van der Waals surface area contributed by atoms with Crippen LogP contribution in [0.2, 0.25) is 0 Å². The Morgan fingerprint density at radius 2 is 2.00 bits per heavy atom. The molecule has 4 heteroatoms. The molecule has 1 aromatic heterocycles. The second kappa shape index (κ2) is 5.38. The Kier molecular flexibility index (Phi) is 3.45. The predicted molar refractivity (Wildman–Crippen MR) is 92.8 cm³/mol. The molecule has 0 saturated carbocycles. The van der Waals surface area contributed by atoms with E-state index in [4.69, 9.17) is 0 Å². The fourth-order valence-corrected chi connectivity index (χ4v) is 4.38. The Labute approximate surface area is 137 Å². The number of nitrogens with one attached hydrogen (secondary N) is 1. The Balaban J connectivity index is 1.74. The van der Waals surface area contributed by atoms with E-state index in [0.29, 0.717) is 12.0 Å². The molecule has 1 aromatic carbocycles. The number of carbonyl (C=O) groups is 1. The smallest absolute Gasteiger partial charge is 0.256 e. The Bertz CT molecular complexity index is 763. The van der Waals surface area contributed by atoms with E-state index in [0.717, 1.165) is 42.8 Å². The molecule has 0 aliphatic carbocycles. The monoisotopic (exact) mass is 311 g/mol. The maximum absolute atomic E-state index is 13.3. The summed E-state index contributed by atoms with van der Waals surface area (Å²) in [4.78, 5) is 21.2. The standard InChI is InChI=1S/C19H25N3O/c1-12-13(2)20-18-16(12)5-4-6-17(18)19(23)22-10-14-7-8-15(22)11-21(3)9-14/h4-6,14-15,20H,7-11H2,1-3H3/t14-,15+/m0/s1. The molecule has 4 heterocycles. The lowest BCUT2D eigenvalue weighted by atomic mass is 9.94. The number of carbonyl (C=O) groups excluding carboxylic acids is 1. The molecule has 3 aliphatic heterocycles. The van der Waals surface area contributed by atoms with E-state index in [2.05, 4.69) is 41.7 Å². The van der Waals surface area contributed by atoms with Gasteiger partial charge in [-0.2, -0.15) is 0 Å². The molecule has 4 nitrogen and oxygen atoms in total. The number of H-pyrrole nitrogens is 1. The molecule has 3 fully saturated rings. The van der Waals surface area contributed by atoms with E-state index in [1.54, 1.807) is 0 Å². The minimum Gasteiger partial charge on any atom is -0.358 e. The molecule has 122 valence electrons. The number of aryl methyl sites for hydroxylation is 2. The van der Waals surface area contributed by atoms with Crippen molar-refractivity contribution in [1.29, 1.82) is 0 Å². The molecule has 0 unspecified atom stereocenters. The van der Waals surface area contributed by atoms with Gasteiger partial charge in [-0.3, -0.25) is 4.79 Å². The van der Waals surface area contributed by atoms with Gasteiger partial charge >= 0.3 is 0 Å². The van der Waals surface area contributed by atoms with Crippen molar-refractivity contribution >= 4 is 16.8 Å². The maximum Gasteiger partial charge on any atom is 0.256 e. The number of hydrogen-bond donors (Lipinski definition) is 1. The van der Waals surface area contributed by atoms with Gasteiger partial charge in [-0.1, -0.05) is 12.1 Å². The first kappa shape index (κ1) is 14.8. The molecule has 0 radical (unpaired) electrons. The Morgan fingerprint density at radius 3 is 2.83 bits per heavy atom. The summed E-state index contributed by atoms with van der Waals surface area (Å²) in [6, 6.07) is 6.45. The first-order chi connectivity index (χ1) is 11.0. The van der Waals surface area contributed by atoms with Crippen molar-refractivity contribution in [2.75, 3.05) is 26.7 Å². The van der Waals surface area contributed by atoms with Crippen LogP contribution >= 0.6 is 0 Å². The van der Waals surface area contributed by atoms with Crippen LogP contribution in [0.25, 0.3) is 10.9 Å². The SMILES string of the molecule is Cc1[nH]c2c(C(=O)N3C[C@H]4CC[C@@H]3CN(C)C4)cccc2c1C. The van der Waals surface area contributed by atoms with E-state index < -0.39 is 0 Å². The van der Waals surface area contributed by atoms with Gasteiger partial charge in [0.2, 0.25) is 0 Å². The van der Waals surface area contributed by atoms with Crippen LogP contribution in [0, 0.1) is 19.8 Å². The van der Waals surface area contributed by atoms with Crippen LogP contribution in [0.15, 0.2) is 18.2 Å². The van der Waals surface area contributed by atoms with Crippen molar-refractivity contribution in [3.63, 3.8) is 0 Å². The number of nitrogens with zero attached hydrogens (tertiary/aromatic N) is 2. The Morgan fingerprint density at radius 1 is 1.17 bits per heavy atom. The molecule has 23 heavy (non-hydrogen) atoms. The first-order valence-electron chi connectivity index (χ1n) is 8.62. The number of fused-ring (bicyclic) bond motifs is 5. The number of para-hydroxylation sites is 1. The summed E-state index contributed by atoms with van der Waals surface area (Å²) < 4.78 is 0. The van der Waals surface area contributed by atoms with E-state index in [1.165, 1.54) is 17.4 Å². The number of amides is 1. The zero-order chi connectivity index (χ0) is 16.1. The molecule has 3 aliphatic rings. The average molecular weight is 311 g/mol. The van der Waals surface area contributed by atoms with Crippen molar-refractivity contribution in [3.05, 3.63) is 35.0 Å². The van der Waals surface area contributed by atoms with Gasteiger partial charge in [0.25, 0.3) is 5.91 Å². The summed E-state index contributed by atoms with van der Waals surface area (Å²) in [5.74, 6) is 0.816. The molecule has 1 N–H and O–H groups in total. The van der Waals surface area contributed by atoms with Gasteiger partial charge in [-0.05, 0) is 51.3 Å². The van der Waals surface area contributed by atoms with Crippen LogP contribution < -0.4 is 0 Å². The lowest BCUT2D eigenvalue weighted by molar-refractivity contribution is 0.0589. The number of benzene rings is 1. The normalized spacial score (nSPS) is 25.1. The summed E-state index contributed by atoms with van der Waals surface area (Å²) in [6.45, 7) is 7.22. The summed E-state index contributed by atoms with van der Waals surface area (Å²) in [6.07, 6.45) is 2.39. The number of aromatic amines is 1.